The molecule has 0 bridgehead atoms. The van der Waals surface area contributed by atoms with Crippen LogP contribution in [0.25, 0.3) is 5.57 Å². The van der Waals surface area contributed by atoms with Gasteiger partial charge in [0.25, 0.3) is 0 Å². The topological polar surface area (TPSA) is 107 Å². The fraction of sp³-hybridized carbons (Fsp3) is 0.483. The summed E-state index contributed by atoms with van der Waals surface area (Å²) in [6, 6.07) is 11.6. The van der Waals surface area contributed by atoms with Crippen LogP contribution in [0, 0.1) is 5.92 Å². The number of aliphatic hydroxyl groups is 1. The number of nitrogens with zero attached hydrogens (tertiary/aromatic N) is 2. The number of hydrogen-bond donors (Lipinski definition) is 2. The van der Waals surface area contributed by atoms with E-state index in [2.05, 4.69) is 11.0 Å². The molecule has 2 aromatic rings. The Kier molecular flexibility index (Phi) is 8.92. The molecular formula is C29H38N2O6S. The highest BCUT2D eigenvalue weighted by Crippen LogP contribution is 2.37. The van der Waals surface area contributed by atoms with Gasteiger partial charge in [-0.25, -0.2) is 13.2 Å². The standard InChI is InChI=1S/C29H38N2O6S/c1-20-16-31(21(2)19-32)38(35,36)28-13-12-24(23-9-5-4-6-10-23)15-26(28)37-27(20)18-30(3)17-22-8-7-11-25(14-22)29(33)34/h7-9,11-15,20-21,27,32H,4-6,10,16-19H2,1-3H3,(H,33,34)/t20-,21-,27-/m0/s1. The second-order valence-corrected chi connectivity index (χ2v) is 12.4. The summed E-state index contributed by atoms with van der Waals surface area (Å²) in [5.74, 6) is -0.800. The number of benzene rings is 2. The molecule has 1 aliphatic heterocycles. The van der Waals surface area contributed by atoms with Gasteiger partial charge in [0.15, 0.2) is 0 Å². The first-order chi connectivity index (χ1) is 18.1. The lowest BCUT2D eigenvalue weighted by Crippen LogP contribution is -2.49. The lowest BCUT2D eigenvalue weighted by atomic mass is 9.93. The summed E-state index contributed by atoms with van der Waals surface area (Å²) in [4.78, 5) is 13.6. The predicted octanol–water partition coefficient (Wildman–Crippen LogP) is 4.24. The molecule has 2 aliphatic rings. The van der Waals surface area contributed by atoms with Crippen LogP contribution >= 0.6 is 0 Å². The van der Waals surface area contributed by atoms with Crippen molar-refractivity contribution >= 4 is 21.6 Å². The third-order valence-corrected chi connectivity index (χ3v) is 9.47. The Labute approximate surface area is 225 Å². The molecule has 0 aromatic heterocycles. The Balaban J connectivity index is 1.67. The van der Waals surface area contributed by atoms with Gasteiger partial charge in [-0.2, -0.15) is 4.31 Å². The van der Waals surface area contributed by atoms with Crippen LogP contribution in [0.3, 0.4) is 0 Å². The highest BCUT2D eigenvalue weighted by atomic mass is 32.2. The van der Waals surface area contributed by atoms with Gasteiger partial charge in [0.1, 0.15) is 16.7 Å². The van der Waals surface area contributed by atoms with Gasteiger partial charge in [-0.15, -0.1) is 0 Å². The Bertz CT molecular complexity index is 1290. The molecule has 4 rings (SSSR count). The number of allylic oxidation sites excluding steroid dienone is 2. The number of aromatic carboxylic acids is 1. The minimum absolute atomic E-state index is 0.117. The molecule has 0 fully saturated rings. The molecule has 8 nitrogen and oxygen atoms in total. The van der Waals surface area contributed by atoms with E-state index in [0.29, 0.717) is 18.8 Å². The Morgan fingerprint density at radius 3 is 2.68 bits per heavy atom. The zero-order valence-corrected chi connectivity index (χ0v) is 23.2. The number of carboxylic acids is 1. The van der Waals surface area contributed by atoms with E-state index in [0.717, 1.165) is 36.8 Å². The maximum absolute atomic E-state index is 13.7. The van der Waals surface area contributed by atoms with E-state index >= 15 is 0 Å². The summed E-state index contributed by atoms with van der Waals surface area (Å²) in [6.45, 7) is 4.63. The summed E-state index contributed by atoms with van der Waals surface area (Å²) in [5.41, 5.74) is 3.30. The fourth-order valence-corrected chi connectivity index (χ4v) is 7.06. The number of hydrogen-bond acceptors (Lipinski definition) is 6. The molecule has 2 N–H and O–H groups in total. The van der Waals surface area contributed by atoms with Gasteiger partial charge in [0.05, 0.1) is 12.2 Å². The second kappa shape index (κ2) is 12.0. The van der Waals surface area contributed by atoms with Crippen LogP contribution in [0.2, 0.25) is 0 Å². The largest absolute Gasteiger partial charge is 0.487 e. The second-order valence-electron chi connectivity index (χ2n) is 10.6. The highest BCUT2D eigenvalue weighted by molar-refractivity contribution is 7.89. The quantitative estimate of drug-likeness (QED) is 0.514. The molecule has 0 radical (unpaired) electrons. The first-order valence-corrected chi connectivity index (χ1v) is 14.7. The zero-order valence-electron chi connectivity index (χ0n) is 22.3. The van der Waals surface area contributed by atoms with Crippen molar-refractivity contribution in [1.29, 1.82) is 0 Å². The van der Waals surface area contributed by atoms with E-state index in [1.54, 1.807) is 31.2 Å². The number of fused-ring (bicyclic) bond motifs is 1. The van der Waals surface area contributed by atoms with Crippen molar-refractivity contribution in [2.45, 2.75) is 63.1 Å². The molecule has 0 saturated carbocycles. The average Bonchev–Trinajstić information content (AvgIpc) is 2.90. The van der Waals surface area contributed by atoms with Gasteiger partial charge in [0, 0.05) is 31.6 Å². The van der Waals surface area contributed by atoms with Gasteiger partial charge in [-0.3, -0.25) is 4.90 Å². The first kappa shape index (κ1) is 28.3. The number of ether oxygens (including phenoxy) is 1. The number of carbonyl (C=O) groups is 1. The molecule has 0 saturated heterocycles. The van der Waals surface area contributed by atoms with E-state index in [1.807, 2.05) is 32.2 Å². The lowest BCUT2D eigenvalue weighted by molar-refractivity contribution is 0.0693. The van der Waals surface area contributed by atoms with E-state index in [4.69, 9.17) is 4.74 Å². The molecule has 206 valence electrons. The van der Waals surface area contributed by atoms with Crippen molar-refractivity contribution < 1.29 is 28.2 Å². The van der Waals surface area contributed by atoms with E-state index < -0.39 is 22.0 Å². The van der Waals surface area contributed by atoms with Crippen LogP contribution in [-0.2, 0) is 16.6 Å². The van der Waals surface area contributed by atoms with Crippen molar-refractivity contribution in [3.8, 4) is 5.75 Å². The van der Waals surface area contributed by atoms with Crippen molar-refractivity contribution in [3.05, 3.63) is 65.2 Å². The van der Waals surface area contributed by atoms with Crippen LogP contribution in [0.4, 0.5) is 0 Å². The first-order valence-electron chi connectivity index (χ1n) is 13.2. The van der Waals surface area contributed by atoms with Gasteiger partial charge >= 0.3 is 5.97 Å². The van der Waals surface area contributed by atoms with Crippen LogP contribution < -0.4 is 4.74 Å². The molecule has 0 spiro atoms. The third kappa shape index (κ3) is 6.29. The zero-order chi connectivity index (χ0) is 27.4. The number of sulfonamides is 1. The average molecular weight is 543 g/mol. The van der Waals surface area contributed by atoms with Crippen molar-refractivity contribution in [3.63, 3.8) is 0 Å². The molecule has 1 aliphatic carbocycles. The van der Waals surface area contributed by atoms with Gasteiger partial charge in [-0.05, 0) is 80.6 Å². The maximum atomic E-state index is 13.7. The summed E-state index contributed by atoms with van der Waals surface area (Å²) < 4.78 is 35.4. The molecule has 0 amide bonds. The molecule has 2 aromatic carbocycles. The van der Waals surface area contributed by atoms with E-state index in [1.165, 1.54) is 9.88 Å². The number of likely N-dealkylation sites (N-methyl/N-ethyl adjacent to an activating group) is 1. The summed E-state index contributed by atoms with van der Waals surface area (Å²) in [5, 5.41) is 19.2. The Morgan fingerprint density at radius 2 is 2.00 bits per heavy atom. The Morgan fingerprint density at radius 1 is 1.21 bits per heavy atom. The molecule has 0 unspecified atom stereocenters. The number of rotatable bonds is 8. The minimum Gasteiger partial charge on any atom is -0.487 e. The summed E-state index contributed by atoms with van der Waals surface area (Å²) >= 11 is 0. The van der Waals surface area contributed by atoms with Crippen LogP contribution in [0.5, 0.6) is 5.75 Å². The molecular weight excluding hydrogens is 504 g/mol. The van der Waals surface area contributed by atoms with Crippen LogP contribution in [-0.4, -0.2) is 72.7 Å². The minimum atomic E-state index is -3.89. The van der Waals surface area contributed by atoms with E-state index in [-0.39, 0.29) is 35.6 Å². The molecule has 3 atom stereocenters. The SMILES string of the molecule is C[C@H]1CN([C@@H](C)CO)S(=O)(=O)c2ccc(C3=CCCCC3)cc2O[C@H]1CN(C)Cc1cccc(C(=O)O)c1. The Hall–Kier alpha value is -2.72. The third-order valence-electron chi connectivity index (χ3n) is 7.45. The van der Waals surface area contributed by atoms with Crippen LogP contribution in [0.1, 0.15) is 61.0 Å². The fourth-order valence-electron chi connectivity index (χ4n) is 5.23. The highest BCUT2D eigenvalue weighted by Gasteiger charge is 2.38. The van der Waals surface area contributed by atoms with E-state index in [9.17, 15) is 23.4 Å². The van der Waals surface area contributed by atoms with Crippen molar-refractivity contribution in [2.24, 2.45) is 5.92 Å². The number of carboxylic acid groups (broad SMARTS) is 1. The molecule has 1 heterocycles. The summed E-state index contributed by atoms with van der Waals surface area (Å²) in [6.07, 6.45) is 6.13. The molecule has 38 heavy (non-hydrogen) atoms. The van der Waals surface area contributed by atoms with Gasteiger partial charge in [0.2, 0.25) is 10.0 Å². The summed E-state index contributed by atoms with van der Waals surface area (Å²) in [7, 11) is -1.95. The smallest absolute Gasteiger partial charge is 0.335 e. The van der Waals surface area contributed by atoms with Gasteiger partial charge < -0.3 is 14.9 Å². The van der Waals surface area contributed by atoms with Gasteiger partial charge in [-0.1, -0.05) is 31.2 Å². The lowest BCUT2D eigenvalue weighted by Gasteiger charge is -2.37. The van der Waals surface area contributed by atoms with Crippen LogP contribution in [0.15, 0.2) is 53.4 Å². The predicted molar refractivity (Wildman–Crippen MR) is 147 cm³/mol. The maximum Gasteiger partial charge on any atom is 0.335 e. The molecule has 9 heteroatoms. The van der Waals surface area contributed by atoms with Crippen molar-refractivity contribution in [2.75, 3.05) is 26.7 Å². The number of aliphatic hydroxyl groups excluding tert-OH is 1. The van der Waals surface area contributed by atoms with Crippen molar-refractivity contribution in [1.82, 2.24) is 9.21 Å². The normalized spacial score (nSPS) is 22.5. The monoisotopic (exact) mass is 542 g/mol.